The molecule has 0 aliphatic rings. The first-order valence-corrected chi connectivity index (χ1v) is 10.4. The van der Waals surface area contributed by atoms with Crippen molar-refractivity contribution in [3.8, 4) is 5.75 Å². The van der Waals surface area contributed by atoms with Crippen molar-refractivity contribution >= 4 is 27.8 Å². The van der Waals surface area contributed by atoms with Gasteiger partial charge in [0.1, 0.15) is 17.1 Å². The number of ether oxygens (including phenoxy) is 1. The molecular weight excluding hydrogens is 392 g/mol. The summed E-state index contributed by atoms with van der Waals surface area (Å²) in [5.41, 5.74) is 2.46. The van der Waals surface area contributed by atoms with Crippen LogP contribution >= 0.6 is 0 Å². The van der Waals surface area contributed by atoms with Crippen molar-refractivity contribution in [2.45, 2.75) is 32.7 Å². The molecule has 0 unspecified atom stereocenters. The maximum atomic E-state index is 12.8. The molecule has 7 heteroatoms. The van der Waals surface area contributed by atoms with Gasteiger partial charge in [-0.15, -0.1) is 0 Å². The zero-order valence-electron chi connectivity index (χ0n) is 17.9. The molecule has 0 atom stereocenters. The van der Waals surface area contributed by atoms with Gasteiger partial charge in [-0.05, 0) is 44.5 Å². The van der Waals surface area contributed by atoms with E-state index in [-0.39, 0.29) is 16.9 Å². The second kappa shape index (κ2) is 8.63. The van der Waals surface area contributed by atoms with E-state index >= 15 is 0 Å². The maximum absolute atomic E-state index is 12.8. The Hall–Kier alpha value is -3.61. The van der Waals surface area contributed by atoms with Crippen LogP contribution in [0.4, 0.5) is 0 Å². The fourth-order valence-corrected chi connectivity index (χ4v) is 3.95. The van der Waals surface area contributed by atoms with Gasteiger partial charge in [-0.2, -0.15) is 0 Å². The lowest BCUT2D eigenvalue weighted by Crippen LogP contribution is -2.30. The fourth-order valence-electron chi connectivity index (χ4n) is 3.95. The van der Waals surface area contributed by atoms with Crippen molar-refractivity contribution in [1.29, 1.82) is 0 Å². The van der Waals surface area contributed by atoms with Gasteiger partial charge in [0.2, 0.25) is 5.43 Å². The molecular formula is C24H26N4O3. The van der Waals surface area contributed by atoms with E-state index in [0.717, 1.165) is 29.7 Å². The standard InChI is InChI=1S/C24H26N4O3/c1-15(2)28-19-10-5-4-9-18(19)27-21(28)12-7-13-25-24(30)17-14-26-22-16(23(17)29)8-6-11-20(22)31-3/h4-6,8-11,14-15H,7,12-13H2,1-3H3,(H,25,30)(H,26,29). The molecule has 4 rings (SSSR count). The summed E-state index contributed by atoms with van der Waals surface area (Å²) in [6.07, 6.45) is 2.90. The zero-order chi connectivity index (χ0) is 22.0. The molecule has 0 fully saturated rings. The summed E-state index contributed by atoms with van der Waals surface area (Å²) in [4.78, 5) is 33.1. The number of hydrogen-bond donors (Lipinski definition) is 2. The molecule has 2 aromatic carbocycles. The van der Waals surface area contributed by atoms with Crippen LogP contribution in [0.15, 0.2) is 53.5 Å². The largest absolute Gasteiger partial charge is 0.495 e. The number of fused-ring (bicyclic) bond motifs is 2. The molecule has 0 spiro atoms. The number of nitrogens with one attached hydrogen (secondary N) is 2. The van der Waals surface area contributed by atoms with Crippen molar-refractivity contribution in [2.75, 3.05) is 13.7 Å². The number of pyridine rings is 1. The summed E-state index contributed by atoms with van der Waals surface area (Å²) in [6, 6.07) is 13.6. The highest BCUT2D eigenvalue weighted by Gasteiger charge is 2.15. The summed E-state index contributed by atoms with van der Waals surface area (Å²) in [5, 5.41) is 3.29. The first-order valence-electron chi connectivity index (χ1n) is 10.4. The van der Waals surface area contributed by atoms with Gasteiger partial charge >= 0.3 is 0 Å². The molecule has 0 saturated heterocycles. The Morgan fingerprint density at radius 2 is 2.00 bits per heavy atom. The van der Waals surface area contributed by atoms with Crippen LogP contribution in [-0.2, 0) is 6.42 Å². The Morgan fingerprint density at radius 1 is 1.19 bits per heavy atom. The second-order valence-electron chi connectivity index (χ2n) is 7.75. The van der Waals surface area contributed by atoms with Crippen molar-refractivity contribution in [2.24, 2.45) is 0 Å². The summed E-state index contributed by atoms with van der Waals surface area (Å²) < 4.78 is 7.51. The van der Waals surface area contributed by atoms with Crippen molar-refractivity contribution in [3.63, 3.8) is 0 Å². The third-order valence-corrected chi connectivity index (χ3v) is 5.39. The summed E-state index contributed by atoms with van der Waals surface area (Å²) >= 11 is 0. The van der Waals surface area contributed by atoms with Crippen LogP contribution in [0.1, 0.15) is 42.5 Å². The van der Waals surface area contributed by atoms with Gasteiger partial charge in [0.25, 0.3) is 5.91 Å². The van der Waals surface area contributed by atoms with Gasteiger partial charge < -0.3 is 19.6 Å². The minimum absolute atomic E-state index is 0.0928. The molecule has 0 aliphatic carbocycles. The fraction of sp³-hybridized carbons (Fsp3) is 0.292. The molecule has 2 heterocycles. The molecule has 31 heavy (non-hydrogen) atoms. The lowest BCUT2D eigenvalue weighted by Gasteiger charge is -2.13. The molecule has 0 aliphatic heterocycles. The lowest BCUT2D eigenvalue weighted by atomic mass is 10.1. The van der Waals surface area contributed by atoms with Gasteiger partial charge in [-0.3, -0.25) is 9.59 Å². The lowest BCUT2D eigenvalue weighted by molar-refractivity contribution is 0.0952. The molecule has 0 saturated carbocycles. The van der Waals surface area contributed by atoms with Gasteiger partial charge in [-0.25, -0.2) is 4.98 Å². The Balaban J connectivity index is 1.45. The third-order valence-electron chi connectivity index (χ3n) is 5.39. The highest BCUT2D eigenvalue weighted by atomic mass is 16.5. The van der Waals surface area contributed by atoms with Crippen LogP contribution in [0.5, 0.6) is 5.75 Å². The van der Waals surface area contributed by atoms with E-state index in [1.54, 1.807) is 25.3 Å². The minimum atomic E-state index is -0.386. The Kier molecular flexibility index (Phi) is 5.75. The number of methoxy groups -OCH3 is 1. The van der Waals surface area contributed by atoms with Crippen molar-refractivity contribution < 1.29 is 9.53 Å². The first-order chi connectivity index (χ1) is 15.0. The monoisotopic (exact) mass is 418 g/mol. The first kappa shape index (κ1) is 20.7. The van der Waals surface area contributed by atoms with Crippen LogP contribution in [0.3, 0.4) is 0 Å². The Bertz CT molecular complexity index is 1300. The molecule has 4 aromatic rings. The number of benzene rings is 2. The number of para-hydroxylation sites is 3. The number of nitrogens with zero attached hydrogens (tertiary/aromatic N) is 2. The molecule has 0 radical (unpaired) electrons. The SMILES string of the molecule is COc1cccc2c(=O)c(C(=O)NCCCc3nc4ccccc4n3C(C)C)c[nH]c12. The highest BCUT2D eigenvalue weighted by Crippen LogP contribution is 2.22. The van der Waals surface area contributed by atoms with Crippen LogP contribution < -0.4 is 15.5 Å². The van der Waals surface area contributed by atoms with Crippen LogP contribution in [0, 0.1) is 0 Å². The van der Waals surface area contributed by atoms with E-state index in [1.165, 1.54) is 6.20 Å². The predicted molar refractivity (Wildman–Crippen MR) is 122 cm³/mol. The minimum Gasteiger partial charge on any atom is -0.495 e. The maximum Gasteiger partial charge on any atom is 0.256 e. The zero-order valence-corrected chi connectivity index (χ0v) is 17.9. The molecule has 160 valence electrons. The van der Waals surface area contributed by atoms with E-state index in [9.17, 15) is 9.59 Å². The van der Waals surface area contributed by atoms with E-state index in [0.29, 0.717) is 29.2 Å². The molecule has 7 nitrogen and oxygen atoms in total. The number of hydrogen-bond acceptors (Lipinski definition) is 4. The number of rotatable bonds is 7. The molecule has 1 amide bonds. The van der Waals surface area contributed by atoms with E-state index < -0.39 is 0 Å². The van der Waals surface area contributed by atoms with Gasteiger partial charge in [0, 0.05) is 25.2 Å². The molecule has 2 N–H and O–H groups in total. The van der Waals surface area contributed by atoms with Crippen LogP contribution in [0.25, 0.3) is 21.9 Å². The number of aromatic amines is 1. The van der Waals surface area contributed by atoms with Crippen LogP contribution in [-0.4, -0.2) is 34.1 Å². The summed E-state index contributed by atoms with van der Waals surface area (Å²) in [5.74, 6) is 1.18. The quantitative estimate of drug-likeness (QED) is 0.447. The normalized spacial score (nSPS) is 11.4. The number of amides is 1. The van der Waals surface area contributed by atoms with Crippen LogP contribution in [0.2, 0.25) is 0 Å². The highest BCUT2D eigenvalue weighted by molar-refractivity contribution is 5.98. The summed E-state index contributed by atoms with van der Waals surface area (Å²) in [7, 11) is 1.54. The summed E-state index contributed by atoms with van der Waals surface area (Å²) in [6.45, 7) is 4.73. The number of imidazole rings is 1. The van der Waals surface area contributed by atoms with E-state index in [1.807, 2.05) is 18.2 Å². The average Bonchev–Trinajstić information content (AvgIpc) is 3.15. The van der Waals surface area contributed by atoms with Crippen molar-refractivity contribution in [1.82, 2.24) is 19.9 Å². The average molecular weight is 418 g/mol. The Labute approximate surface area is 180 Å². The number of aryl methyl sites for hydroxylation is 1. The van der Waals surface area contributed by atoms with Gasteiger partial charge in [0.15, 0.2) is 0 Å². The van der Waals surface area contributed by atoms with Gasteiger partial charge in [0.05, 0.1) is 29.0 Å². The smallest absolute Gasteiger partial charge is 0.256 e. The number of H-pyrrole nitrogens is 1. The van der Waals surface area contributed by atoms with Crippen molar-refractivity contribution in [3.05, 3.63) is 70.3 Å². The topological polar surface area (TPSA) is 89.0 Å². The predicted octanol–water partition coefficient (Wildman–Crippen LogP) is 3.83. The second-order valence-corrected chi connectivity index (χ2v) is 7.75. The third kappa shape index (κ3) is 3.91. The molecule has 2 aromatic heterocycles. The Morgan fingerprint density at radius 3 is 2.77 bits per heavy atom. The number of aromatic nitrogens is 3. The van der Waals surface area contributed by atoms with Gasteiger partial charge in [-0.1, -0.05) is 18.2 Å². The van der Waals surface area contributed by atoms with E-state index in [4.69, 9.17) is 9.72 Å². The number of carbonyl (C=O) groups excluding carboxylic acids is 1. The molecule has 0 bridgehead atoms. The number of carbonyl (C=O) groups is 1. The van der Waals surface area contributed by atoms with E-state index in [2.05, 4.69) is 34.8 Å².